The maximum absolute atomic E-state index is 13.3. The molecule has 2 aliphatic rings. The van der Waals surface area contributed by atoms with Crippen molar-refractivity contribution in [3.63, 3.8) is 0 Å². The highest BCUT2D eigenvalue weighted by Gasteiger charge is 2.36. The van der Waals surface area contributed by atoms with Crippen molar-refractivity contribution < 1.29 is 9.50 Å². The summed E-state index contributed by atoms with van der Waals surface area (Å²) in [6.45, 7) is 2.82. The van der Waals surface area contributed by atoms with Crippen molar-refractivity contribution in [3.8, 4) is 0 Å². The first-order valence-electron chi connectivity index (χ1n) is 5.90. The second kappa shape index (κ2) is 4.76. The number of aliphatic hydroxyl groups is 1. The topological polar surface area (TPSA) is 26.7 Å². The molecule has 2 saturated heterocycles. The highest BCUT2D eigenvalue weighted by atomic mass is 19.1. The molecular formula is C11H21FN2O. The van der Waals surface area contributed by atoms with Crippen molar-refractivity contribution >= 4 is 0 Å². The summed E-state index contributed by atoms with van der Waals surface area (Å²) in [6.07, 6.45) is 2.00. The number of aliphatic hydroxyl groups excluding tert-OH is 1. The predicted molar refractivity (Wildman–Crippen MR) is 57.6 cm³/mol. The Kier molecular flexibility index (Phi) is 3.59. The number of hydrogen-bond donors (Lipinski definition) is 1. The van der Waals surface area contributed by atoms with Crippen LogP contribution in [0.3, 0.4) is 0 Å². The number of alkyl halides is 1. The Hall–Kier alpha value is -0.190. The maximum atomic E-state index is 13.3. The van der Waals surface area contributed by atoms with E-state index >= 15 is 0 Å². The van der Waals surface area contributed by atoms with Crippen molar-refractivity contribution in [2.75, 3.05) is 33.3 Å². The van der Waals surface area contributed by atoms with E-state index in [1.165, 1.54) is 0 Å². The van der Waals surface area contributed by atoms with Crippen LogP contribution in [0.15, 0.2) is 0 Å². The molecule has 0 aromatic heterocycles. The minimum Gasteiger partial charge on any atom is -0.395 e. The lowest BCUT2D eigenvalue weighted by atomic mass is 10.0. The van der Waals surface area contributed by atoms with Crippen LogP contribution in [0.25, 0.3) is 0 Å². The second-order valence-corrected chi connectivity index (χ2v) is 4.90. The van der Waals surface area contributed by atoms with Crippen LogP contribution in [-0.2, 0) is 0 Å². The van der Waals surface area contributed by atoms with Gasteiger partial charge in [0.05, 0.1) is 6.61 Å². The van der Waals surface area contributed by atoms with Crippen molar-refractivity contribution in [2.24, 2.45) is 0 Å². The van der Waals surface area contributed by atoms with Crippen LogP contribution in [-0.4, -0.2) is 66.5 Å². The number of likely N-dealkylation sites (tertiary alicyclic amines) is 2. The first-order valence-corrected chi connectivity index (χ1v) is 5.90. The normalized spacial score (nSPS) is 36.2. The molecule has 3 nitrogen and oxygen atoms in total. The Morgan fingerprint density at radius 2 is 2.00 bits per heavy atom. The standard InChI is InChI=1S/C11H21FN2O/c1-13-4-2-10(3-5-13)14-7-9(12)6-11(14)8-15/h9-11,15H,2-8H2,1H3/t9?,11-/m1/s1. The average molecular weight is 216 g/mol. The fraction of sp³-hybridized carbons (Fsp3) is 1.00. The van der Waals surface area contributed by atoms with Crippen molar-refractivity contribution in [1.29, 1.82) is 0 Å². The summed E-state index contributed by atoms with van der Waals surface area (Å²) < 4.78 is 13.3. The lowest BCUT2D eigenvalue weighted by molar-refractivity contribution is 0.0784. The van der Waals surface area contributed by atoms with Crippen LogP contribution in [0.5, 0.6) is 0 Å². The highest BCUT2D eigenvalue weighted by Crippen LogP contribution is 2.27. The van der Waals surface area contributed by atoms with Crippen molar-refractivity contribution in [3.05, 3.63) is 0 Å². The van der Waals surface area contributed by atoms with E-state index < -0.39 is 6.17 Å². The largest absolute Gasteiger partial charge is 0.395 e. The Labute approximate surface area is 90.9 Å². The summed E-state index contributed by atoms with van der Waals surface area (Å²) in [5.41, 5.74) is 0. The Bertz CT molecular complexity index is 207. The molecule has 0 aromatic carbocycles. The van der Waals surface area contributed by atoms with E-state index in [9.17, 15) is 9.50 Å². The number of piperidine rings is 1. The third kappa shape index (κ3) is 2.49. The monoisotopic (exact) mass is 216 g/mol. The van der Waals surface area contributed by atoms with Crippen LogP contribution >= 0.6 is 0 Å². The van der Waals surface area contributed by atoms with Gasteiger partial charge in [0.15, 0.2) is 0 Å². The molecule has 0 bridgehead atoms. The molecule has 0 saturated carbocycles. The molecule has 2 fully saturated rings. The van der Waals surface area contributed by atoms with Crippen LogP contribution in [0.4, 0.5) is 4.39 Å². The van der Waals surface area contributed by atoms with E-state index in [1.54, 1.807) is 0 Å². The fourth-order valence-corrected chi connectivity index (χ4v) is 2.84. The smallest absolute Gasteiger partial charge is 0.114 e. The Balaban J connectivity index is 1.91. The molecule has 0 amide bonds. The molecule has 1 unspecified atom stereocenters. The molecule has 0 aromatic rings. The molecule has 2 aliphatic heterocycles. The molecule has 0 aliphatic carbocycles. The van der Waals surface area contributed by atoms with E-state index in [-0.39, 0.29) is 12.6 Å². The van der Waals surface area contributed by atoms with Gasteiger partial charge < -0.3 is 10.0 Å². The molecule has 2 rings (SSSR count). The van der Waals surface area contributed by atoms with Crippen LogP contribution in [0.1, 0.15) is 19.3 Å². The van der Waals surface area contributed by atoms with Gasteiger partial charge in [-0.2, -0.15) is 0 Å². The first kappa shape index (κ1) is 11.3. The SMILES string of the molecule is CN1CCC(N2CC(F)C[C@@H]2CO)CC1. The third-order valence-corrected chi connectivity index (χ3v) is 3.77. The summed E-state index contributed by atoms with van der Waals surface area (Å²) in [5.74, 6) is 0. The lowest BCUT2D eigenvalue weighted by Crippen LogP contribution is -2.46. The molecular weight excluding hydrogens is 195 g/mol. The summed E-state index contributed by atoms with van der Waals surface area (Å²) in [5, 5.41) is 9.22. The van der Waals surface area contributed by atoms with Gasteiger partial charge in [-0.05, 0) is 39.4 Å². The van der Waals surface area contributed by atoms with E-state index in [0.717, 1.165) is 25.9 Å². The van der Waals surface area contributed by atoms with Gasteiger partial charge in [0.1, 0.15) is 6.17 Å². The zero-order valence-corrected chi connectivity index (χ0v) is 9.40. The first-order chi connectivity index (χ1) is 7.20. The van der Waals surface area contributed by atoms with Gasteiger partial charge in [0.25, 0.3) is 0 Å². The fourth-order valence-electron chi connectivity index (χ4n) is 2.84. The summed E-state index contributed by atoms with van der Waals surface area (Å²) in [4.78, 5) is 4.51. The van der Waals surface area contributed by atoms with E-state index in [2.05, 4.69) is 16.8 Å². The Morgan fingerprint density at radius 1 is 1.33 bits per heavy atom. The molecule has 0 radical (unpaired) electrons. The summed E-state index contributed by atoms with van der Waals surface area (Å²) in [6, 6.07) is 0.549. The molecule has 0 spiro atoms. The van der Waals surface area contributed by atoms with E-state index in [4.69, 9.17) is 0 Å². The molecule has 1 N–H and O–H groups in total. The predicted octanol–water partition coefficient (Wildman–Crippen LogP) is 0.485. The van der Waals surface area contributed by atoms with Gasteiger partial charge in [-0.3, -0.25) is 4.90 Å². The van der Waals surface area contributed by atoms with Gasteiger partial charge >= 0.3 is 0 Å². The third-order valence-electron chi connectivity index (χ3n) is 3.77. The van der Waals surface area contributed by atoms with Crippen LogP contribution in [0.2, 0.25) is 0 Å². The maximum Gasteiger partial charge on any atom is 0.114 e. The average Bonchev–Trinajstić information content (AvgIpc) is 2.61. The summed E-state index contributed by atoms with van der Waals surface area (Å²) in [7, 11) is 2.13. The van der Waals surface area contributed by atoms with Gasteiger partial charge in [-0.1, -0.05) is 0 Å². The van der Waals surface area contributed by atoms with Gasteiger partial charge in [-0.25, -0.2) is 4.39 Å². The minimum atomic E-state index is -0.734. The van der Waals surface area contributed by atoms with Crippen molar-refractivity contribution in [1.82, 2.24) is 9.80 Å². The Morgan fingerprint density at radius 3 is 2.60 bits per heavy atom. The van der Waals surface area contributed by atoms with E-state index in [0.29, 0.717) is 19.0 Å². The van der Waals surface area contributed by atoms with Gasteiger partial charge in [0, 0.05) is 18.6 Å². The molecule has 88 valence electrons. The number of halogens is 1. The zero-order valence-electron chi connectivity index (χ0n) is 9.40. The number of nitrogens with zero attached hydrogens (tertiary/aromatic N) is 2. The molecule has 2 heterocycles. The molecule has 2 atom stereocenters. The summed E-state index contributed by atoms with van der Waals surface area (Å²) >= 11 is 0. The van der Waals surface area contributed by atoms with Crippen LogP contribution in [0, 0.1) is 0 Å². The zero-order chi connectivity index (χ0) is 10.8. The minimum absolute atomic E-state index is 0.0633. The van der Waals surface area contributed by atoms with Gasteiger partial charge in [-0.15, -0.1) is 0 Å². The van der Waals surface area contributed by atoms with E-state index in [1.807, 2.05) is 0 Å². The lowest BCUT2D eigenvalue weighted by Gasteiger charge is -2.37. The van der Waals surface area contributed by atoms with Crippen LogP contribution < -0.4 is 0 Å². The molecule has 4 heteroatoms. The molecule has 15 heavy (non-hydrogen) atoms. The quantitative estimate of drug-likeness (QED) is 0.727. The number of rotatable bonds is 2. The highest BCUT2D eigenvalue weighted by molar-refractivity contribution is 4.91. The second-order valence-electron chi connectivity index (χ2n) is 4.90. The number of hydrogen-bond acceptors (Lipinski definition) is 3. The van der Waals surface area contributed by atoms with Gasteiger partial charge in [0.2, 0.25) is 0 Å². The van der Waals surface area contributed by atoms with Crippen molar-refractivity contribution in [2.45, 2.75) is 37.5 Å².